The fourth-order valence-electron chi connectivity index (χ4n) is 5.18. The van der Waals surface area contributed by atoms with Gasteiger partial charge in [-0.15, -0.1) is 0 Å². The maximum Gasteiger partial charge on any atom is 0.410 e. The number of hydrogen-bond donors (Lipinski definition) is 2. The molecule has 0 radical (unpaired) electrons. The van der Waals surface area contributed by atoms with Crippen molar-refractivity contribution in [2.45, 2.75) is 75.9 Å². The maximum atomic E-state index is 14.6. The number of rotatable bonds is 7. The molecule has 1 aliphatic carbocycles. The summed E-state index contributed by atoms with van der Waals surface area (Å²) in [6.45, 7) is 1.71. The zero-order valence-electron chi connectivity index (χ0n) is 22.0. The Labute approximate surface area is 229 Å². The van der Waals surface area contributed by atoms with Crippen LogP contribution in [0.1, 0.15) is 72.9 Å². The Bertz CT molecular complexity index is 1440. The number of fused-ring (bicyclic) bond motifs is 1. The summed E-state index contributed by atoms with van der Waals surface area (Å²) in [5.41, 5.74) is -1.38. The van der Waals surface area contributed by atoms with Crippen LogP contribution in [0.25, 0.3) is 5.65 Å². The van der Waals surface area contributed by atoms with Crippen LogP contribution < -0.4 is 10.6 Å². The summed E-state index contributed by atoms with van der Waals surface area (Å²) in [7, 11) is 0. The van der Waals surface area contributed by atoms with Crippen molar-refractivity contribution in [2.75, 3.05) is 6.54 Å². The van der Waals surface area contributed by atoms with E-state index in [0.29, 0.717) is 11.3 Å². The lowest BCUT2D eigenvalue weighted by atomic mass is 9.81. The number of imidazole rings is 1. The Morgan fingerprint density at radius 1 is 1.24 bits per heavy atom. The van der Waals surface area contributed by atoms with Crippen molar-refractivity contribution < 1.29 is 40.5 Å². The number of aromatic nitrogens is 4. The third-order valence-electron chi connectivity index (χ3n) is 7.37. The number of alkyl halides is 6. The van der Waals surface area contributed by atoms with Crippen LogP contribution >= 0.6 is 0 Å². The van der Waals surface area contributed by atoms with Gasteiger partial charge in [0.2, 0.25) is 5.92 Å². The molecule has 3 amide bonds. The minimum Gasteiger partial charge on any atom is -0.364 e. The highest BCUT2D eigenvalue weighted by Crippen LogP contribution is 2.41. The standard InChI is InChI=1S/C25H27F6N7O3/c1-23(2,26)20-15(12-41-36-20)21(39)35-19(14-3-5-24(27,28)6-4-14)16-10-38-18(33-16)7-13(8-32-38)9-37-11-17(25(29,30)31)34-22(37)40/h7-8,10,12,14,17,19H,3-6,9,11H2,1-2H3,(H,34,40)(H,35,39)/t17-,19?/m0/s1. The van der Waals surface area contributed by atoms with Gasteiger partial charge in [0.1, 0.15) is 23.6 Å². The Hall–Kier alpha value is -3.85. The lowest BCUT2D eigenvalue weighted by molar-refractivity contribution is -0.149. The number of amides is 3. The molecule has 10 nitrogen and oxygen atoms in total. The van der Waals surface area contributed by atoms with Crippen molar-refractivity contribution in [3.63, 3.8) is 0 Å². The topological polar surface area (TPSA) is 118 Å². The van der Waals surface area contributed by atoms with E-state index in [2.05, 4.69) is 20.6 Å². The summed E-state index contributed by atoms with van der Waals surface area (Å²) in [6.07, 6.45) is -1.30. The first-order chi connectivity index (χ1) is 19.1. The lowest BCUT2D eigenvalue weighted by Crippen LogP contribution is -2.40. The molecule has 3 aromatic rings. The third kappa shape index (κ3) is 6.10. The molecule has 2 N–H and O–H groups in total. The SMILES string of the molecule is CC(C)(F)c1nocc1C(=O)NC(c1cn2ncc(CN3C[C@@H](C(F)(F)F)NC3=O)cc2n1)C1CCC(F)(F)CC1. The minimum absolute atomic E-state index is 0.0834. The van der Waals surface area contributed by atoms with Gasteiger partial charge in [0, 0.05) is 19.4 Å². The Morgan fingerprint density at radius 3 is 2.59 bits per heavy atom. The number of hydrogen-bond acceptors (Lipinski definition) is 6. The Kier molecular flexibility index (Phi) is 7.14. The summed E-state index contributed by atoms with van der Waals surface area (Å²) in [5.74, 6) is -3.98. The van der Waals surface area contributed by atoms with E-state index in [-0.39, 0.29) is 49.1 Å². The Balaban J connectivity index is 1.40. The predicted molar refractivity (Wildman–Crippen MR) is 130 cm³/mol. The molecule has 41 heavy (non-hydrogen) atoms. The fourth-order valence-corrected chi connectivity index (χ4v) is 5.18. The zero-order chi connectivity index (χ0) is 29.7. The molecule has 2 fully saturated rings. The van der Waals surface area contributed by atoms with Gasteiger partial charge in [-0.05, 0) is 44.2 Å². The van der Waals surface area contributed by atoms with E-state index in [1.165, 1.54) is 36.8 Å². The molecule has 3 aromatic heterocycles. The van der Waals surface area contributed by atoms with Crippen molar-refractivity contribution in [1.29, 1.82) is 0 Å². The van der Waals surface area contributed by atoms with Crippen molar-refractivity contribution in [3.8, 4) is 0 Å². The number of carbonyl (C=O) groups excluding carboxylic acids is 2. The molecule has 2 atom stereocenters. The third-order valence-corrected chi connectivity index (χ3v) is 7.37. The van der Waals surface area contributed by atoms with Gasteiger partial charge in [-0.3, -0.25) is 4.79 Å². The van der Waals surface area contributed by atoms with Gasteiger partial charge >= 0.3 is 12.2 Å². The van der Waals surface area contributed by atoms with Crippen LogP contribution in [0.4, 0.5) is 31.1 Å². The zero-order valence-corrected chi connectivity index (χ0v) is 22.0. The molecule has 0 spiro atoms. The number of nitrogens with zero attached hydrogens (tertiary/aromatic N) is 5. The van der Waals surface area contributed by atoms with Crippen LogP contribution in [0.3, 0.4) is 0 Å². The second-order valence-electron chi connectivity index (χ2n) is 11.0. The lowest BCUT2D eigenvalue weighted by Gasteiger charge is -2.33. The first-order valence-corrected chi connectivity index (χ1v) is 12.9. The van der Waals surface area contributed by atoms with Crippen LogP contribution in [0.15, 0.2) is 29.2 Å². The second kappa shape index (κ2) is 10.2. The highest BCUT2D eigenvalue weighted by Gasteiger charge is 2.47. The van der Waals surface area contributed by atoms with E-state index in [0.717, 1.165) is 11.2 Å². The molecule has 1 unspecified atom stereocenters. The molecule has 2 aliphatic rings. The van der Waals surface area contributed by atoms with E-state index in [9.17, 15) is 35.9 Å². The van der Waals surface area contributed by atoms with Gasteiger partial charge in [0.05, 0.1) is 30.7 Å². The van der Waals surface area contributed by atoms with Crippen LogP contribution in [-0.2, 0) is 12.2 Å². The van der Waals surface area contributed by atoms with Gasteiger partial charge < -0.3 is 20.1 Å². The van der Waals surface area contributed by atoms with Gasteiger partial charge in [-0.25, -0.2) is 27.5 Å². The highest BCUT2D eigenvalue weighted by atomic mass is 19.4. The molecule has 0 aromatic carbocycles. The maximum absolute atomic E-state index is 14.6. The quantitative estimate of drug-likeness (QED) is 0.388. The molecule has 5 rings (SSSR count). The molecule has 222 valence electrons. The van der Waals surface area contributed by atoms with Crippen LogP contribution in [-0.4, -0.2) is 61.3 Å². The van der Waals surface area contributed by atoms with Crippen molar-refractivity contribution >= 4 is 17.6 Å². The molecule has 4 heterocycles. The van der Waals surface area contributed by atoms with E-state index in [1.54, 1.807) is 0 Å². The minimum atomic E-state index is -4.58. The summed E-state index contributed by atoms with van der Waals surface area (Å²) in [4.78, 5) is 30.8. The Morgan fingerprint density at radius 2 is 1.95 bits per heavy atom. The first-order valence-electron chi connectivity index (χ1n) is 12.9. The van der Waals surface area contributed by atoms with Gasteiger partial charge in [0.25, 0.3) is 5.91 Å². The largest absolute Gasteiger partial charge is 0.410 e. The van der Waals surface area contributed by atoms with Crippen LogP contribution in [0.2, 0.25) is 0 Å². The first kappa shape index (κ1) is 28.7. The van der Waals surface area contributed by atoms with E-state index in [4.69, 9.17) is 4.52 Å². The molecule has 1 saturated carbocycles. The van der Waals surface area contributed by atoms with Gasteiger partial charge in [-0.2, -0.15) is 18.3 Å². The van der Waals surface area contributed by atoms with E-state index >= 15 is 0 Å². The molecule has 16 heteroatoms. The van der Waals surface area contributed by atoms with Gasteiger partial charge in [0.15, 0.2) is 11.3 Å². The number of urea groups is 1. The van der Waals surface area contributed by atoms with Crippen molar-refractivity contribution in [1.82, 2.24) is 35.3 Å². The number of nitrogens with one attached hydrogen (secondary N) is 2. The molecular formula is C25H27F6N7O3. The van der Waals surface area contributed by atoms with Crippen LogP contribution in [0.5, 0.6) is 0 Å². The molecule has 1 saturated heterocycles. The highest BCUT2D eigenvalue weighted by molar-refractivity contribution is 5.95. The number of carbonyl (C=O) groups is 2. The molecule has 0 bridgehead atoms. The fraction of sp³-hybridized carbons (Fsp3) is 0.560. The summed E-state index contributed by atoms with van der Waals surface area (Å²) >= 11 is 0. The molecular weight excluding hydrogens is 560 g/mol. The summed E-state index contributed by atoms with van der Waals surface area (Å²) in [5, 5.41) is 12.5. The average molecular weight is 588 g/mol. The smallest absolute Gasteiger partial charge is 0.364 e. The average Bonchev–Trinajstić information content (AvgIpc) is 3.60. The monoisotopic (exact) mass is 587 g/mol. The van der Waals surface area contributed by atoms with Gasteiger partial charge in [-0.1, -0.05) is 5.16 Å². The second-order valence-corrected chi connectivity index (χ2v) is 11.0. The number of halogens is 6. The predicted octanol–water partition coefficient (Wildman–Crippen LogP) is 4.67. The van der Waals surface area contributed by atoms with E-state index < -0.39 is 54.3 Å². The van der Waals surface area contributed by atoms with Crippen molar-refractivity contribution in [3.05, 3.63) is 47.2 Å². The summed E-state index contributed by atoms with van der Waals surface area (Å²) in [6, 6.07) is -2.17. The van der Waals surface area contributed by atoms with Crippen molar-refractivity contribution in [2.24, 2.45) is 5.92 Å². The molecule has 1 aliphatic heterocycles. The van der Waals surface area contributed by atoms with E-state index in [1.807, 2.05) is 5.32 Å². The normalized spacial score (nSPS) is 20.8. The van der Waals surface area contributed by atoms with Crippen LogP contribution in [0, 0.1) is 5.92 Å². The summed E-state index contributed by atoms with van der Waals surface area (Å²) < 4.78 is 87.7.